The maximum Gasteiger partial charge on any atom is 0.275 e. The van der Waals surface area contributed by atoms with E-state index in [0.717, 1.165) is 17.0 Å². The number of carbonyl (C=O) groups is 1. The van der Waals surface area contributed by atoms with Gasteiger partial charge in [-0.1, -0.05) is 0 Å². The predicted molar refractivity (Wildman–Crippen MR) is 81.8 cm³/mol. The lowest BCUT2D eigenvalue weighted by Crippen LogP contribution is -2.11. The molecule has 1 amide bonds. The summed E-state index contributed by atoms with van der Waals surface area (Å²) in [6, 6.07) is 5.74. The quantitative estimate of drug-likeness (QED) is 0.805. The Balaban J connectivity index is 1.90. The lowest BCUT2D eigenvalue weighted by molar-refractivity contribution is 0.102. The molecular weight excluding hydrogens is 272 g/mol. The fourth-order valence-electron chi connectivity index (χ4n) is 1.88. The van der Waals surface area contributed by atoms with E-state index >= 15 is 0 Å². The van der Waals surface area contributed by atoms with E-state index in [1.54, 1.807) is 17.5 Å². The number of thiophene rings is 1. The summed E-state index contributed by atoms with van der Waals surface area (Å²) in [6.07, 6.45) is 3.69. The average molecular weight is 286 g/mol. The monoisotopic (exact) mass is 286 g/mol. The van der Waals surface area contributed by atoms with Crippen molar-refractivity contribution in [3.05, 3.63) is 47.0 Å². The average Bonchev–Trinajstić information content (AvgIpc) is 3.05. The smallest absolute Gasteiger partial charge is 0.275 e. The second kappa shape index (κ2) is 4.97. The molecule has 1 N–H and O–H groups in total. The van der Waals surface area contributed by atoms with Crippen LogP contribution in [0, 0.1) is 0 Å². The summed E-state index contributed by atoms with van der Waals surface area (Å²) >= 11 is 1.54. The van der Waals surface area contributed by atoms with Crippen LogP contribution in [0.4, 0.5) is 11.4 Å². The van der Waals surface area contributed by atoms with E-state index in [4.69, 9.17) is 0 Å². The first-order valence-electron chi connectivity index (χ1n) is 6.13. The molecule has 3 rings (SSSR count). The summed E-state index contributed by atoms with van der Waals surface area (Å²) in [5, 5.41) is 6.63. The number of pyridine rings is 1. The number of fused-ring (bicyclic) bond motifs is 1. The number of amides is 1. The molecule has 3 aromatic heterocycles. The highest BCUT2D eigenvalue weighted by molar-refractivity contribution is 7.08. The number of aromatic nitrogens is 2. The van der Waals surface area contributed by atoms with E-state index in [0.29, 0.717) is 5.69 Å². The first-order valence-corrected chi connectivity index (χ1v) is 7.07. The zero-order chi connectivity index (χ0) is 14.1. The molecule has 6 heteroatoms. The second-order valence-electron chi connectivity index (χ2n) is 4.64. The maximum atomic E-state index is 12.1. The Morgan fingerprint density at radius 3 is 2.85 bits per heavy atom. The first-order chi connectivity index (χ1) is 9.63. The third-order valence-corrected chi connectivity index (χ3v) is 3.65. The minimum Gasteiger partial charge on any atom is -0.376 e. The van der Waals surface area contributed by atoms with Crippen LogP contribution in [-0.4, -0.2) is 29.4 Å². The van der Waals surface area contributed by atoms with E-state index in [1.807, 2.05) is 58.6 Å². The van der Waals surface area contributed by atoms with Gasteiger partial charge in [-0.05, 0) is 23.6 Å². The number of nitrogens with zero attached hydrogens (tertiary/aromatic N) is 3. The van der Waals surface area contributed by atoms with E-state index in [2.05, 4.69) is 10.3 Å². The molecule has 0 aliphatic carbocycles. The molecule has 3 heterocycles. The van der Waals surface area contributed by atoms with Gasteiger partial charge in [-0.2, -0.15) is 11.3 Å². The van der Waals surface area contributed by atoms with E-state index < -0.39 is 0 Å². The topological polar surface area (TPSA) is 49.6 Å². The Morgan fingerprint density at radius 2 is 2.15 bits per heavy atom. The van der Waals surface area contributed by atoms with Gasteiger partial charge in [-0.3, -0.25) is 4.79 Å². The summed E-state index contributed by atoms with van der Waals surface area (Å²) < 4.78 is 1.86. The highest BCUT2D eigenvalue weighted by Gasteiger charge is 2.11. The molecule has 20 heavy (non-hydrogen) atoms. The van der Waals surface area contributed by atoms with Gasteiger partial charge in [0.25, 0.3) is 5.91 Å². The normalized spacial score (nSPS) is 10.7. The molecule has 0 radical (unpaired) electrons. The van der Waals surface area contributed by atoms with Gasteiger partial charge >= 0.3 is 0 Å². The molecule has 102 valence electrons. The molecule has 0 spiro atoms. The van der Waals surface area contributed by atoms with Crippen molar-refractivity contribution < 1.29 is 4.79 Å². The lowest BCUT2D eigenvalue weighted by atomic mass is 10.4. The van der Waals surface area contributed by atoms with Crippen LogP contribution in [0.3, 0.4) is 0 Å². The molecule has 0 saturated carbocycles. The molecule has 0 aromatic carbocycles. The Labute approximate surface area is 120 Å². The van der Waals surface area contributed by atoms with Crippen LogP contribution in [0.5, 0.6) is 0 Å². The van der Waals surface area contributed by atoms with Gasteiger partial charge in [0.15, 0.2) is 0 Å². The van der Waals surface area contributed by atoms with Crippen molar-refractivity contribution in [3.63, 3.8) is 0 Å². The number of imidazole rings is 1. The van der Waals surface area contributed by atoms with Crippen LogP contribution in [0.2, 0.25) is 0 Å². The number of nitrogens with one attached hydrogen (secondary N) is 1. The minimum atomic E-state index is -0.196. The second-order valence-corrected chi connectivity index (χ2v) is 5.42. The van der Waals surface area contributed by atoms with Gasteiger partial charge in [0, 0.05) is 31.9 Å². The Hall–Kier alpha value is -2.34. The number of carbonyl (C=O) groups excluding carboxylic acids is 1. The number of hydrogen-bond acceptors (Lipinski definition) is 4. The van der Waals surface area contributed by atoms with Crippen molar-refractivity contribution >= 4 is 34.3 Å². The molecule has 0 atom stereocenters. The van der Waals surface area contributed by atoms with Crippen LogP contribution < -0.4 is 10.2 Å². The molecule has 0 aliphatic heterocycles. The molecule has 0 unspecified atom stereocenters. The molecule has 0 fully saturated rings. The van der Waals surface area contributed by atoms with Crippen molar-refractivity contribution in [1.29, 1.82) is 0 Å². The van der Waals surface area contributed by atoms with Gasteiger partial charge in [0.2, 0.25) is 0 Å². The van der Waals surface area contributed by atoms with Crippen LogP contribution in [0.25, 0.3) is 5.65 Å². The minimum absolute atomic E-state index is 0.196. The number of rotatable bonds is 3. The van der Waals surface area contributed by atoms with Crippen molar-refractivity contribution in [1.82, 2.24) is 9.38 Å². The molecule has 0 saturated heterocycles. The standard InChI is InChI=1S/C14H14N4OS/c1-17(2)11-3-4-13-16-12(8-18(13)7-11)14(19)15-10-5-6-20-9-10/h3-9H,1-2H3,(H,15,19). The van der Waals surface area contributed by atoms with Gasteiger partial charge in [-0.25, -0.2) is 4.98 Å². The van der Waals surface area contributed by atoms with Crippen LogP contribution in [0.15, 0.2) is 41.4 Å². The Bertz CT molecular complexity index is 746. The zero-order valence-electron chi connectivity index (χ0n) is 11.2. The fourth-order valence-corrected chi connectivity index (χ4v) is 2.47. The largest absolute Gasteiger partial charge is 0.376 e. The zero-order valence-corrected chi connectivity index (χ0v) is 12.0. The van der Waals surface area contributed by atoms with Crippen LogP contribution >= 0.6 is 11.3 Å². The highest BCUT2D eigenvalue weighted by Crippen LogP contribution is 2.16. The van der Waals surface area contributed by atoms with Crippen molar-refractivity contribution in [3.8, 4) is 0 Å². The summed E-state index contributed by atoms with van der Waals surface area (Å²) in [5.74, 6) is -0.196. The molecule has 5 nitrogen and oxygen atoms in total. The molecule has 0 aliphatic rings. The Kier molecular flexibility index (Phi) is 3.15. The fraction of sp³-hybridized carbons (Fsp3) is 0.143. The van der Waals surface area contributed by atoms with Crippen molar-refractivity contribution in [2.24, 2.45) is 0 Å². The van der Waals surface area contributed by atoms with E-state index in [9.17, 15) is 4.79 Å². The summed E-state index contributed by atoms with van der Waals surface area (Å²) in [5.41, 5.74) is 3.02. The lowest BCUT2D eigenvalue weighted by Gasteiger charge is -2.11. The van der Waals surface area contributed by atoms with Gasteiger partial charge < -0.3 is 14.6 Å². The maximum absolute atomic E-state index is 12.1. The van der Waals surface area contributed by atoms with E-state index in [-0.39, 0.29) is 5.91 Å². The number of hydrogen-bond donors (Lipinski definition) is 1. The third kappa shape index (κ3) is 2.37. The van der Waals surface area contributed by atoms with Crippen molar-refractivity contribution in [2.45, 2.75) is 0 Å². The van der Waals surface area contributed by atoms with E-state index in [1.165, 1.54) is 0 Å². The molecular formula is C14H14N4OS. The Morgan fingerprint density at radius 1 is 1.30 bits per heavy atom. The number of anilines is 2. The van der Waals surface area contributed by atoms with Gasteiger partial charge in [0.1, 0.15) is 11.3 Å². The predicted octanol–water partition coefficient (Wildman–Crippen LogP) is 2.71. The molecule has 0 bridgehead atoms. The van der Waals surface area contributed by atoms with Crippen LogP contribution in [-0.2, 0) is 0 Å². The first kappa shape index (κ1) is 12.7. The summed E-state index contributed by atoms with van der Waals surface area (Å²) in [7, 11) is 3.95. The summed E-state index contributed by atoms with van der Waals surface area (Å²) in [6.45, 7) is 0. The summed E-state index contributed by atoms with van der Waals surface area (Å²) in [4.78, 5) is 18.4. The highest BCUT2D eigenvalue weighted by atomic mass is 32.1. The van der Waals surface area contributed by atoms with Gasteiger partial charge in [0.05, 0.1) is 11.4 Å². The van der Waals surface area contributed by atoms with Crippen LogP contribution in [0.1, 0.15) is 10.5 Å². The van der Waals surface area contributed by atoms with Crippen molar-refractivity contribution in [2.75, 3.05) is 24.3 Å². The molecule has 3 aromatic rings. The SMILES string of the molecule is CN(C)c1ccc2nc(C(=O)Nc3ccsc3)cn2c1. The third-order valence-electron chi connectivity index (χ3n) is 2.96. The van der Waals surface area contributed by atoms with Gasteiger partial charge in [-0.15, -0.1) is 0 Å².